The third-order valence-electron chi connectivity index (χ3n) is 0.746. The third-order valence-corrected chi connectivity index (χ3v) is 7.67. The molecule has 0 heterocycles. The monoisotopic (exact) mass is 305 g/mol. The molecule has 93 valence electrons. The molecule has 0 aliphatic heterocycles. The fourth-order valence-electron chi connectivity index (χ4n) is 0.195. The van der Waals surface area contributed by atoms with E-state index < -0.39 is 38.6 Å². The predicted molar refractivity (Wildman–Crippen MR) is 43.3 cm³/mol. The molecule has 0 saturated heterocycles. The van der Waals surface area contributed by atoms with Gasteiger partial charge in [0.15, 0.2) is 0 Å². The van der Waals surface area contributed by atoms with Crippen molar-refractivity contribution in [2.75, 3.05) is 0 Å². The van der Waals surface area contributed by atoms with Crippen LogP contribution in [0.3, 0.4) is 0 Å². The van der Waals surface area contributed by atoms with Gasteiger partial charge in [0.25, 0.3) is 0 Å². The van der Waals surface area contributed by atoms with E-state index in [4.69, 9.17) is 0 Å². The van der Waals surface area contributed by atoms with Crippen molar-refractivity contribution in [1.29, 1.82) is 0 Å². The fourth-order valence-corrected chi connectivity index (χ4v) is 5.27. The Balaban J connectivity index is 0. The van der Waals surface area contributed by atoms with Crippen LogP contribution in [0.5, 0.6) is 0 Å². The van der Waals surface area contributed by atoms with Gasteiger partial charge in [0.1, 0.15) is 9.83 Å². The Bertz CT molecular complexity index is 387. The first-order valence-corrected chi connectivity index (χ1v) is 7.36. The summed E-state index contributed by atoms with van der Waals surface area (Å²) in [5.74, 6) is 0. The van der Waals surface area contributed by atoms with Gasteiger partial charge in [-0.2, -0.15) is 26.3 Å². The van der Waals surface area contributed by atoms with Gasteiger partial charge in [-0.3, -0.25) is 0 Å². The Morgan fingerprint density at radius 3 is 1.00 bits per heavy atom. The number of rotatable bonds is 2. The Labute approximate surface area is 101 Å². The number of hydrogen-bond donors (Lipinski definition) is 0. The average Bonchev–Trinajstić information content (AvgIpc) is 1.77. The molecule has 0 spiro atoms. The molecular formula is C2F6LiO4S3. The summed E-state index contributed by atoms with van der Waals surface area (Å²) in [4.78, 5) is 0. The molecule has 1 radical (unpaired) electrons. The molecule has 0 atom stereocenters. The third kappa shape index (κ3) is 4.36. The first-order valence-electron chi connectivity index (χ1n) is 2.54. The van der Waals surface area contributed by atoms with E-state index in [-0.39, 0.29) is 18.9 Å². The summed E-state index contributed by atoms with van der Waals surface area (Å²) >= 11 is 0. The van der Waals surface area contributed by atoms with Gasteiger partial charge in [-0.05, 0) is 0 Å². The molecule has 0 rings (SSSR count). The van der Waals surface area contributed by atoms with Crippen LogP contribution in [0.2, 0.25) is 0 Å². The predicted octanol–water partition coefficient (Wildman–Crippen LogP) is 1.04. The standard InChI is InChI=1S/C2F6O4S3.Li/c3-1(4,5)14(9,10)13-15(11,12)2(6,7)8;. The van der Waals surface area contributed by atoms with Crippen LogP contribution in [-0.2, 0) is 17.7 Å². The van der Waals surface area contributed by atoms with Gasteiger partial charge in [0, 0.05) is 18.9 Å². The van der Waals surface area contributed by atoms with E-state index in [1.807, 2.05) is 0 Å². The quantitative estimate of drug-likeness (QED) is 0.433. The van der Waals surface area contributed by atoms with Gasteiger partial charge >= 0.3 is 28.8 Å². The zero-order valence-electron chi connectivity index (χ0n) is 7.13. The van der Waals surface area contributed by atoms with Gasteiger partial charge < -0.3 is 0 Å². The Kier molecular flexibility index (Phi) is 5.83. The van der Waals surface area contributed by atoms with E-state index in [9.17, 15) is 43.2 Å². The SMILES string of the molecule is O=S(=O)(SS(=O)(=O)C(F)(F)F)C(F)(F)F.[Li]. The van der Waals surface area contributed by atoms with Crippen molar-refractivity contribution >= 4 is 46.4 Å². The Hall–Kier alpha value is 0.427. The van der Waals surface area contributed by atoms with Gasteiger partial charge in [-0.25, -0.2) is 16.8 Å². The molecule has 0 aromatic rings. The molecule has 0 N–H and O–H groups in total. The summed E-state index contributed by atoms with van der Waals surface area (Å²) in [5.41, 5.74) is -12.1. The topological polar surface area (TPSA) is 68.3 Å². The molecule has 14 heteroatoms. The van der Waals surface area contributed by atoms with Crippen molar-refractivity contribution in [3.63, 3.8) is 0 Å². The molecule has 0 fully saturated rings. The summed E-state index contributed by atoms with van der Waals surface area (Å²) in [5, 5.41) is 0. The van der Waals surface area contributed by atoms with Crippen molar-refractivity contribution in [2.24, 2.45) is 0 Å². The summed E-state index contributed by atoms with van der Waals surface area (Å²) in [7, 11) is -15.0. The summed E-state index contributed by atoms with van der Waals surface area (Å²) < 4.78 is 109. The summed E-state index contributed by atoms with van der Waals surface area (Å²) in [6.07, 6.45) is 0. The normalized spacial score (nSPS) is 14.4. The molecule has 0 aromatic heterocycles. The largest absolute Gasteiger partial charge is 0.508 e. The molecule has 0 saturated carbocycles. The molecule has 0 aliphatic carbocycles. The Morgan fingerprint density at radius 2 is 0.875 bits per heavy atom. The van der Waals surface area contributed by atoms with E-state index in [2.05, 4.69) is 0 Å². The first-order chi connectivity index (χ1) is 6.21. The van der Waals surface area contributed by atoms with Crippen LogP contribution < -0.4 is 0 Å². The number of hydrogen-bond acceptors (Lipinski definition) is 5. The minimum atomic E-state index is -6.43. The average molecular weight is 305 g/mol. The van der Waals surface area contributed by atoms with Crippen molar-refractivity contribution in [3.8, 4) is 0 Å². The van der Waals surface area contributed by atoms with E-state index >= 15 is 0 Å². The molecule has 0 amide bonds. The number of halogens is 6. The molecule has 16 heavy (non-hydrogen) atoms. The van der Waals surface area contributed by atoms with Crippen LogP contribution in [0.4, 0.5) is 26.3 Å². The second-order valence-corrected chi connectivity index (χ2v) is 9.01. The van der Waals surface area contributed by atoms with E-state index in [1.165, 1.54) is 0 Å². The smallest absolute Gasteiger partial charge is 0.207 e. The minimum absolute atomic E-state index is 0. The maximum atomic E-state index is 11.5. The maximum absolute atomic E-state index is 11.5. The minimum Gasteiger partial charge on any atom is -0.207 e. The van der Waals surface area contributed by atoms with Crippen molar-refractivity contribution in [3.05, 3.63) is 0 Å². The summed E-state index contributed by atoms with van der Waals surface area (Å²) in [6.45, 7) is 0. The van der Waals surface area contributed by atoms with Crippen LogP contribution in [0.1, 0.15) is 0 Å². The molecule has 0 aliphatic rings. The molecular weight excluding hydrogens is 305 g/mol. The number of alkyl halides is 6. The zero-order chi connectivity index (χ0) is 12.7. The van der Waals surface area contributed by atoms with Gasteiger partial charge in [-0.15, -0.1) is 0 Å². The van der Waals surface area contributed by atoms with Crippen molar-refractivity contribution < 1.29 is 43.2 Å². The molecule has 0 unspecified atom stereocenters. The van der Waals surface area contributed by atoms with Gasteiger partial charge in [0.2, 0.25) is 0 Å². The van der Waals surface area contributed by atoms with Crippen LogP contribution in [-0.4, -0.2) is 46.7 Å². The zero-order valence-corrected chi connectivity index (χ0v) is 9.58. The van der Waals surface area contributed by atoms with E-state index in [1.54, 1.807) is 0 Å². The fraction of sp³-hybridized carbons (Fsp3) is 1.00. The Morgan fingerprint density at radius 1 is 0.688 bits per heavy atom. The van der Waals surface area contributed by atoms with Crippen molar-refractivity contribution in [1.82, 2.24) is 0 Å². The first kappa shape index (κ1) is 18.8. The maximum Gasteiger partial charge on any atom is 0.508 e. The molecule has 0 bridgehead atoms. The molecule has 4 nitrogen and oxygen atoms in total. The van der Waals surface area contributed by atoms with Gasteiger partial charge in [-0.1, -0.05) is 0 Å². The molecule has 0 aromatic carbocycles. The van der Waals surface area contributed by atoms with Crippen LogP contribution >= 0.6 is 9.83 Å². The van der Waals surface area contributed by atoms with Gasteiger partial charge in [0.05, 0.1) is 0 Å². The second kappa shape index (κ2) is 4.97. The van der Waals surface area contributed by atoms with Crippen LogP contribution in [0.25, 0.3) is 0 Å². The van der Waals surface area contributed by atoms with Crippen LogP contribution in [0, 0.1) is 0 Å². The van der Waals surface area contributed by atoms with E-state index in [0.717, 1.165) is 0 Å². The summed E-state index contributed by atoms with van der Waals surface area (Å²) in [6, 6.07) is 0. The van der Waals surface area contributed by atoms with Crippen molar-refractivity contribution in [2.45, 2.75) is 11.0 Å². The second-order valence-electron chi connectivity index (χ2n) is 1.87. The van der Waals surface area contributed by atoms with E-state index in [0.29, 0.717) is 0 Å². The van der Waals surface area contributed by atoms with Crippen LogP contribution in [0.15, 0.2) is 0 Å².